The van der Waals surface area contributed by atoms with Gasteiger partial charge in [0.25, 0.3) is 0 Å². The summed E-state index contributed by atoms with van der Waals surface area (Å²) < 4.78 is 7.87. The van der Waals surface area contributed by atoms with Gasteiger partial charge in [0.2, 0.25) is 0 Å². The van der Waals surface area contributed by atoms with E-state index in [-0.39, 0.29) is 0 Å². The first-order valence-electron chi connectivity index (χ1n) is 8.89. The first kappa shape index (κ1) is 18.6. The molecule has 4 nitrogen and oxygen atoms in total. The average molecular weight is 408 g/mol. The standard InChI is InChI=1S/C22H18ClN3OS/c23-18-11-13-20(14-12-18)27-15-16-28-22-25-24-21(17-7-3-1-4-8-17)26(22)19-9-5-2-6-10-19/h1-14H,15-16H2. The lowest BCUT2D eigenvalue weighted by Crippen LogP contribution is -2.03. The lowest BCUT2D eigenvalue weighted by Gasteiger charge is -2.10. The zero-order chi connectivity index (χ0) is 19.2. The molecule has 0 radical (unpaired) electrons. The summed E-state index contributed by atoms with van der Waals surface area (Å²) in [5, 5.41) is 10.4. The monoisotopic (exact) mass is 407 g/mol. The van der Waals surface area contributed by atoms with Crippen LogP contribution < -0.4 is 4.74 Å². The Morgan fingerprint density at radius 3 is 2.21 bits per heavy atom. The Morgan fingerprint density at radius 2 is 1.50 bits per heavy atom. The number of hydrogen-bond acceptors (Lipinski definition) is 4. The second kappa shape index (κ2) is 8.95. The summed E-state index contributed by atoms with van der Waals surface area (Å²) >= 11 is 7.52. The van der Waals surface area contributed by atoms with Crippen LogP contribution in [0.4, 0.5) is 0 Å². The Labute approximate surface area is 173 Å². The molecule has 140 valence electrons. The second-order valence-electron chi connectivity index (χ2n) is 5.99. The number of thioether (sulfide) groups is 1. The maximum atomic E-state index is 5.90. The molecule has 4 rings (SSSR count). The molecule has 0 aliphatic rings. The van der Waals surface area contributed by atoms with Crippen LogP contribution in [0.25, 0.3) is 17.1 Å². The fourth-order valence-corrected chi connectivity index (χ4v) is 3.67. The average Bonchev–Trinajstić information content (AvgIpc) is 3.18. The van der Waals surface area contributed by atoms with E-state index in [0.29, 0.717) is 11.6 Å². The first-order valence-corrected chi connectivity index (χ1v) is 10.2. The number of nitrogens with zero attached hydrogens (tertiary/aromatic N) is 3. The molecule has 0 aliphatic heterocycles. The number of halogens is 1. The number of hydrogen-bond donors (Lipinski definition) is 0. The van der Waals surface area contributed by atoms with E-state index in [2.05, 4.69) is 26.9 Å². The SMILES string of the molecule is Clc1ccc(OCCSc2nnc(-c3ccccc3)n2-c2ccccc2)cc1. The molecule has 0 saturated carbocycles. The Bertz CT molecular complexity index is 1020. The Morgan fingerprint density at radius 1 is 0.821 bits per heavy atom. The third-order valence-electron chi connectivity index (χ3n) is 4.08. The summed E-state index contributed by atoms with van der Waals surface area (Å²) in [6.07, 6.45) is 0. The van der Waals surface area contributed by atoms with Gasteiger partial charge in [-0.2, -0.15) is 0 Å². The molecule has 0 unspecified atom stereocenters. The number of aromatic nitrogens is 3. The molecule has 0 spiro atoms. The lowest BCUT2D eigenvalue weighted by atomic mass is 10.2. The van der Waals surface area contributed by atoms with E-state index in [1.165, 1.54) is 0 Å². The van der Waals surface area contributed by atoms with Gasteiger partial charge in [0.05, 0.1) is 6.61 Å². The highest BCUT2D eigenvalue weighted by molar-refractivity contribution is 7.99. The molecule has 1 aromatic heterocycles. The lowest BCUT2D eigenvalue weighted by molar-refractivity contribution is 0.344. The first-order chi connectivity index (χ1) is 13.8. The minimum Gasteiger partial charge on any atom is -0.493 e. The van der Waals surface area contributed by atoms with E-state index in [0.717, 1.165) is 33.7 Å². The fourth-order valence-electron chi connectivity index (χ4n) is 2.77. The van der Waals surface area contributed by atoms with Gasteiger partial charge in [-0.15, -0.1) is 10.2 Å². The van der Waals surface area contributed by atoms with E-state index in [1.54, 1.807) is 11.8 Å². The number of ether oxygens (including phenoxy) is 1. The Kier molecular flexibility index (Phi) is 5.95. The summed E-state index contributed by atoms with van der Waals surface area (Å²) in [6.45, 7) is 0.564. The maximum absolute atomic E-state index is 5.90. The van der Waals surface area contributed by atoms with Crippen molar-refractivity contribution in [3.05, 3.63) is 90.0 Å². The highest BCUT2D eigenvalue weighted by atomic mass is 35.5. The highest BCUT2D eigenvalue weighted by Gasteiger charge is 2.15. The van der Waals surface area contributed by atoms with Crippen LogP contribution in [0.2, 0.25) is 5.02 Å². The van der Waals surface area contributed by atoms with Gasteiger partial charge in [-0.25, -0.2) is 0 Å². The molecule has 28 heavy (non-hydrogen) atoms. The van der Waals surface area contributed by atoms with Crippen molar-refractivity contribution in [2.24, 2.45) is 0 Å². The predicted octanol–water partition coefficient (Wildman–Crippen LogP) is 5.76. The summed E-state index contributed by atoms with van der Waals surface area (Å²) in [7, 11) is 0. The normalized spacial score (nSPS) is 10.8. The van der Waals surface area contributed by atoms with Crippen LogP contribution in [-0.2, 0) is 0 Å². The van der Waals surface area contributed by atoms with Crippen molar-refractivity contribution in [1.82, 2.24) is 14.8 Å². The smallest absolute Gasteiger partial charge is 0.196 e. The van der Waals surface area contributed by atoms with Gasteiger partial charge in [0.15, 0.2) is 11.0 Å². The van der Waals surface area contributed by atoms with Gasteiger partial charge in [-0.3, -0.25) is 4.57 Å². The van der Waals surface area contributed by atoms with Crippen molar-refractivity contribution in [3.8, 4) is 22.8 Å². The van der Waals surface area contributed by atoms with Crippen LogP contribution in [-0.4, -0.2) is 27.1 Å². The van der Waals surface area contributed by atoms with Gasteiger partial charge in [-0.05, 0) is 36.4 Å². The number of benzene rings is 3. The van der Waals surface area contributed by atoms with Gasteiger partial charge < -0.3 is 4.74 Å². The highest BCUT2D eigenvalue weighted by Crippen LogP contribution is 2.27. The van der Waals surface area contributed by atoms with E-state index >= 15 is 0 Å². The quantitative estimate of drug-likeness (QED) is 0.288. The van der Waals surface area contributed by atoms with Gasteiger partial charge >= 0.3 is 0 Å². The second-order valence-corrected chi connectivity index (χ2v) is 7.49. The molecule has 0 saturated heterocycles. The third-order valence-corrected chi connectivity index (χ3v) is 5.22. The molecule has 0 N–H and O–H groups in total. The van der Waals surface area contributed by atoms with Crippen molar-refractivity contribution in [3.63, 3.8) is 0 Å². The molecule has 0 atom stereocenters. The molecule has 4 aromatic rings. The van der Waals surface area contributed by atoms with Gasteiger partial charge in [0, 0.05) is 22.0 Å². The van der Waals surface area contributed by atoms with Crippen LogP contribution in [0.15, 0.2) is 90.1 Å². The largest absolute Gasteiger partial charge is 0.493 e. The van der Waals surface area contributed by atoms with Crippen LogP contribution in [0.5, 0.6) is 5.75 Å². The summed E-state index contributed by atoms with van der Waals surface area (Å²) in [4.78, 5) is 0. The Balaban J connectivity index is 1.52. The van der Waals surface area contributed by atoms with Crippen molar-refractivity contribution in [2.75, 3.05) is 12.4 Å². The number of rotatable bonds is 7. The van der Waals surface area contributed by atoms with Crippen molar-refractivity contribution < 1.29 is 4.74 Å². The maximum Gasteiger partial charge on any atom is 0.196 e. The van der Waals surface area contributed by atoms with Crippen LogP contribution in [0, 0.1) is 0 Å². The van der Waals surface area contributed by atoms with E-state index < -0.39 is 0 Å². The zero-order valence-electron chi connectivity index (χ0n) is 15.0. The zero-order valence-corrected chi connectivity index (χ0v) is 16.6. The summed E-state index contributed by atoms with van der Waals surface area (Å²) in [6, 6.07) is 27.6. The Hall–Kier alpha value is -2.76. The molecular formula is C22H18ClN3OS. The molecule has 6 heteroatoms. The summed E-state index contributed by atoms with van der Waals surface area (Å²) in [5.41, 5.74) is 2.07. The third kappa shape index (κ3) is 4.38. The predicted molar refractivity (Wildman–Crippen MR) is 114 cm³/mol. The minimum atomic E-state index is 0.564. The molecule has 0 bridgehead atoms. The van der Waals surface area contributed by atoms with E-state index in [9.17, 15) is 0 Å². The van der Waals surface area contributed by atoms with Crippen molar-refractivity contribution in [2.45, 2.75) is 5.16 Å². The minimum absolute atomic E-state index is 0.564. The summed E-state index contributed by atoms with van der Waals surface area (Å²) in [5.74, 6) is 2.38. The van der Waals surface area contributed by atoms with Crippen LogP contribution >= 0.6 is 23.4 Å². The molecule has 0 aliphatic carbocycles. The van der Waals surface area contributed by atoms with E-state index in [1.807, 2.05) is 72.8 Å². The van der Waals surface area contributed by atoms with Crippen LogP contribution in [0.3, 0.4) is 0 Å². The van der Waals surface area contributed by atoms with Gasteiger partial charge in [-0.1, -0.05) is 71.9 Å². The molecule has 0 amide bonds. The van der Waals surface area contributed by atoms with E-state index in [4.69, 9.17) is 16.3 Å². The molecular weight excluding hydrogens is 390 g/mol. The topological polar surface area (TPSA) is 39.9 Å². The molecule has 3 aromatic carbocycles. The fraction of sp³-hybridized carbons (Fsp3) is 0.0909. The van der Waals surface area contributed by atoms with Crippen molar-refractivity contribution >= 4 is 23.4 Å². The van der Waals surface area contributed by atoms with Gasteiger partial charge in [0.1, 0.15) is 5.75 Å². The molecule has 1 heterocycles. The van der Waals surface area contributed by atoms with Crippen LogP contribution in [0.1, 0.15) is 0 Å². The molecule has 0 fully saturated rings. The number of para-hydroxylation sites is 1. The van der Waals surface area contributed by atoms with Crippen molar-refractivity contribution in [1.29, 1.82) is 0 Å².